The standard InChI is InChI=1S/C25H27F2N7OS/c1-15-11-34(22(16-3-7-18(26)8-4-16)17-5-9-19(27)10-6-17)20(13-35-2)12-33(15)23-21-24(36-14-29-21)31-25(30-23)32-28/h3-10,14-15,20,22H,11-13,28H2,1-2H3,(H,30,31,32)/t15-,20-/m0/s1. The van der Waals surface area contributed by atoms with Crippen LogP contribution in [0.2, 0.25) is 0 Å². The summed E-state index contributed by atoms with van der Waals surface area (Å²) in [4.78, 5) is 18.9. The zero-order valence-electron chi connectivity index (χ0n) is 19.9. The number of nitrogen functional groups attached to an aromatic ring is 1. The molecule has 3 heterocycles. The fraction of sp³-hybridized carbons (Fsp3) is 0.320. The van der Waals surface area contributed by atoms with Crippen LogP contribution in [0.3, 0.4) is 0 Å². The van der Waals surface area contributed by atoms with Gasteiger partial charge < -0.3 is 9.64 Å². The Labute approximate surface area is 211 Å². The molecule has 8 nitrogen and oxygen atoms in total. The molecule has 4 aromatic rings. The third kappa shape index (κ3) is 4.74. The first-order valence-electron chi connectivity index (χ1n) is 11.6. The van der Waals surface area contributed by atoms with Crippen LogP contribution in [0.4, 0.5) is 20.5 Å². The number of hydrogen-bond acceptors (Lipinski definition) is 9. The molecule has 3 N–H and O–H groups in total. The molecule has 0 saturated carbocycles. The zero-order valence-corrected chi connectivity index (χ0v) is 20.8. The minimum atomic E-state index is -0.302. The van der Waals surface area contributed by atoms with E-state index in [0.717, 1.165) is 21.5 Å². The van der Waals surface area contributed by atoms with Crippen molar-refractivity contribution in [3.05, 3.63) is 76.8 Å². The second kappa shape index (κ2) is 10.4. The van der Waals surface area contributed by atoms with Gasteiger partial charge in [0.05, 0.1) is 24.2 Å². The molecule has 11 heteroatoms. The van der Waals surface area contributed by atoms with E-state index in [-0.39, 0.29) is 29.8 Å². The summed E-state index contributed by atoms with van der Waals surface area (Å²) < 4.78 is 33.2. The number of nitrogens with two attached hydrogens (primary N) is 1. The summed E-state index contributed by atoms with van der Waals surface area (Å²) in [5.74, 6) is 6.07. The van der Waals surface area contributed by atoms with Crippen molar-refractivity contribution in [2.24, 2.45) is 5.84 Å². The summed E-state index contributed by atoms with van der Waals surface area (Å²) in [7, 11) is 1.67. The Morgan fingerprint density at radius 3 is 2.28 bits per heavy atom. The summed E-state index contributed by atoms with van der Waals surface area (Å²) in [6, 6.07) is 12.7. The number of nitrogens with one attached hydrogen (secondary N) is 1. The van der Waals surface area contributed by atoms with Crippen LogP contribution in [-0.4, -0.2) is 58.7 Å². The first kappa shape index (κ1) is 24.4. The molecule has 0 radical (unpaired) electrons. The molecule has 0 unspecified atom stereocenters. The number of benzene rings is 2. The molecule has 2 atom stereocenters. The summed E-state index contributed by atoms with van der Waals surface area (Å²) >= 11 is 1.43. The lowest BCUT2D eigenvalue weighted by atomic mass is 9.93. The number of fused-ring (bicyclic) bond motifs is 1. The normalized spacial score (nSPS) is 18.8. The molecular formula is C25H27F2N7OS. The van der Waals surface area contributed by atoms with Gasteiger partial charge in [-0.2, -0.15) is 9.97 Å². The lowest BCUT2D eigenvalue weighted by Gasteiger charge is -2.49. The van der Waals surface area contributed by atoms with Crippen LogP contribution in [0.5, 0.6) is 0 Å². The van der Waals surface area contributed by atoms with Crippen LogP contribution in [0.1, 0.15) is 24.1 Å². The molecule has 1 aliphatic rings. The lowest BCUT2D eigenvalue weighted by molar-refractivity contribution is 0.0519. The van der Waals surface area contributed by atoms with E-state index in [1.807, 2.05) is 0 Å². The molecule has 0 spiro atoms. The van der Waals surface area contributed by atoms with Gasteiger partial charge >= 0.3 is 0 Å². The molecule has 36 heavy (non-hydrogen) atoms. The molecule has 5 rings (SSSR count). The molecule has 0 bridgehead atoms. The van der Waals surface area contributed by atoms with E-state index < -0.39 is 0 Å². The number of hydrogen-bond donors (Lipinski definition) is 2. The predicted molar refractivity (Wildman–Crippen MR) is 137 cm³/mol. The van der Waals surface area contributed by atoms with E-state index in [2.05, 4.69) is 37.1 Å². The average Bonchev–Trinajstić information content (AvgIpc) is 3.36. The highest BCUT2D eigenvalue weighted by Gasteiger charge is 2.38. The van der Waals surface area contributed by atoms with Gasteiger partial charge in [-0.25, -0.2) is 19.6 Å². The van der Waals surface area contributed by atoms with Gasteiger partial charge in [-0.05, 0) is 42.3 Å². The maximum Gasteiger partial charge on any atom is 0.240 e. The SMILES string of the molecule is COC[C@@H]1CN(c2nc(NN)nc3scnc23)[C@@H](C)CN1C(c1ccc(F)cc1)c1ccc(F)cc1. The molecule has 1 aliphatic heterocycles. The molecule has 1 saturated heterocycles. The smallest absolute Gasteiger partial charge is 0.240 e. The number of methoxy groups -OCH3 is 1. The van der Waals surface area contributed by atoms with Crippen molar-refractivity contribution < 1.29 is 13.5 Å². The van der Waals surface area contributed by atoms with E-state index >= 15 is 0 Å². The average molecular weight is 512 g/mol. The third-order valence-corrected chi connectivity index (χ3v) is 7.25. The zero-order chi connectivity index (χ0) is 25.2. The number of nitrogens with zero attached hydrogens (tertiary/aromatic N) is 5. The molecule has 0 aliphatic carbocycles. The van der Waals surface area contributed by atoms with Gasteiger partial charge in [0.15, 0.2) is 10.6 Å². The second-order valence-corrected chi connectivity index (χ2v) is 9.67. The van der Waals surface area contributed by atoms with Crippen molar-refractivity contribution in [3.8, 4) is 0 Å². The van der Waals surface area contributed by atoms with E-state index in [0.29, 0.717) is 31.5 Å². The minimum absolute atomic E-state index is 0.0342. The Balaban J connectivity index is 1.55. The number of hydrazine groups is 1. The monoisotopic (exact) mass is 511 g/mol. The van der Waals surface area contributed by atoms with E-state index in [9.17, 15) is 8.78 Å². The fourth-order valence-electron chi connectivity index (χ4n) is 4.89. The van der Waals surface area contributed by atoms with E-state index in [1.54, 1.807) is 36.9 Å². The number of ether oxygens (including phenoxy) is 1. The van der Waals surface area contributed by atoms with Crippen molar-refractivity contribution in [3.63, 3.8) is 0 Å². The van der Waals surface area contributed by atoms with Crippen LogP contribution < -0.4 is 16.2 Å². The van der Waals surface area contributed by atoms with Crippen LogP contribution in [0, 0.1) is 11.6 Å². The predicted octanol–water partition coefficient (Wildman–Crippen LogP) is 3.97. The lowest BCUT2D eigenvalue weighted by Crippen LogP contribution is -2.60. The largest absolute Gasteiger partial charge is 0.383 e. The minimum Gasteiger partial charge on any atom is -0.383 e. The fourth-order valence-corrected chi connectivity index (χ4v) is 5.55. The number of rotatable bonds is 7. The quantitative estimate of drug-likeness (QED) is 0.285. The van der Waals surface area contributed by atoms with E-state index in [1.165, 1.54) is 35.6 Å². The number of halogens is 2. The van der Waals surface area contributed by atoms with Gasteiger partial charge in [-0.15, -0.1) is 11.3 Å². The topological polar surface area (TPSA) is 92.4 Å². The Morgan fingerprint density at radius 2 is 1.69 bits per heavy atom. The van der Waals surface area contributed by atoms with Crippen molar-refractivity contribution in [1.29, 1.82) is 0 Å². The molecule has 2 aromatic heterocycles. The Bertz CT molecular complexity index is 1270. The third-order valence-electron chi connectivity index (χ3n) is 6.53. The van der Waals surface area contributed by atoms with Gasteiger partial charge in [0.1, 0.15) is 17.2 Å². The summed E-state index contributed by atoms with van der Waals surface area (Å²) in [6.45, 7) is 3.82. The van der Waals surface area contributed by atoms with Gasteiger partial charge in [-0.3, -0.25) is 10.3 Å². The van der Waals surface area contributed by atoms with Crippen LogP contribution >= 0.6 is 11.3 Å². The van der Waals surface area contributed by atoms with Crippen LogP contribution in [0.15, 0.2) is 54.0 Å². The van der Waals surface area contributed by atoms with Crippen molar-refractivity contribution >= 4 is 33.5 Å². The first-order valence-corrected chi connectivity index (χ1v) is 12.5. The first-order chi connectivity index (χ1) is 17.5. The number of anilines is 2. The summed E-state index contributed by atoms with van der Waals surface area (Å²) in [5.41, 5.74) is 6.86. The number of piperazine rings is 1. The molecule has 188 valence electrons. The van der Waals surface area contributed by atoms with Gasteiger partial charge in [0.2, 0.25) is 5.95 Å². The van der Waals surface area contributed by atoms with Crippen molar-refractivity contribution in [2.45, 2.75) is 25.0 Å². The van der Waals surface area contributed by atoms with Crippen molar-refractivity contribution in [1.82, 2.24) is 19.9 Å². The Hall–Kier alpha value is -3.25. The van der Waals surface area contributed by atoms with Crippen LogP contribution in [0.25, 0.3) is 10.3 Å². The molecule has 2 aromatic carbocycles. The number of thiazole rings is 1. The van der Waals surface area contributed by atoms with Crippen LogP contribution in [-0.2, 0) is 4.74 Å². The second-order valence-electron chi connectivity index (χ2n) is 8.83. The van der Waals surface area contributed by atoms with Gasteiger partial charge in [0, 0.05) is 26.2 Å². The maximum atomic E-state index is 13.8. The Kier molecular flexibility index (Phi) is 7.06. The highest BCUT2D eigenvalue weighted by atomic mass is 32.1. The van der Waals surface area contributed by atoms with E-state index in [4.69, 9.17) is 10.6 Å². The molecular weight excluding hydrogens is 484 g/mol. The number of aromatic nitrogens is 3. The highest BCUT2D eigenvalue weighted by molar-refractivity contribution is 7.16. The summed E-state index contributed by atoms with van der Waals surface area (Å²) in [6.07, 6.45) is 0. The molecule has 0 amide bonds. The van der Waals surface area contributed by atoms with Gasteiger partial charge in [0.25, 0.3) is 0 Å². The molecule has 1 fully saturated rings. The Morgan fingerprint density at radius 1 is 1.06 bits per heavy atom. The highest BCUT2D eigenvalue weighted by Crippen LogP contribution is 2.36. The maximum absolute atomic E-state index is 13.8. The van der Waals surface area contributed by atoms with Crippen molar-refractivity contribution in [2.75, 3.05) is 37.1 Å². The summed E-state index contributed by atoms with van der Waals surface area (Å²) in [5, 5.41) is 0. The van der Waals surface area contributed by atoms with Gasteiger partial charge in [-0.1, -0.05) is 24.3 Å².